The molecule has 2 atom stereocenters. The van der Waals surface area contributed by atoms with Crippen LogP contribution in [0, 0.1) is 0 Å². The zero-order valence-corrected chi connectivity index (χ0v) is 31.4. The van der Waals surface area contributed by atoms with Gasteiger partial charge in [-0.3, -0.25) is 4.79 Å². The standard InChI is InChI=1S/C42H83NO3/c1-3-5-7-9-11-13-14-15-16-17-18-19-20-21-22-23-24-25-26-27-28-29-30-32-34-36-38-42(46)43-40(39-44)41(45)37-35-33-31-12-10-8-6-4-2/h35,37,40-41,44-45H,3-34,36,38-39H2,1-2H3,(H,43,46)/b37-35+. The first kappa shape index (κ1) is 45.1. The number of carbonyl (C=O) groups excluding carboxylic acids is 1. The number of unbranched alkanes of at least 4 members (excludes halogenated alkanes) is 31. The maximum atomic E-state index is 12.3. The molecule has 0 rings (SSSR count). The number of aliphatic hydroxyl groups excluding tert-OH is 2. The number of carbonyl (C=O) groups is 1. The van der Waals surface area contributed by atoms with Crippen molar-refractivity contribution >= 4 is 5.91 Å². The van der Waals surface area contributed by atoms with Gasteiger partial charge in [0, 0.05) is 6.42 Å². The molecule has 0 aliphatic heterocycles. The highest BCUT2D eigenvalue weighted by atomic mass is 16.3. The van der Waals surface area contributed by atoms with Gasteiger partial charge in [0.1, 0.15) is 0 Å². The summed E-state index contributed by atoms with van der Waals surface area (Å²) in [6.45, 7) is 4.28. The van der Waals surface area contributed by atoms with Crippen LogP contribution in [0.3, 0.4) is 0 Å². The number of hydrogen-bond donors (Lipinski definition) is 3. The summed E-state index contributed by atoms with van der Waals surface area (Å²) < 4.78 is 0. The first-order valence-corrected chi connectivity index (χ1v) is 20.9. The molecule has 274 valence electrons. The minimum atomic E-state index is -0.831. The SMILES string of the molecule is CCCCCCCC/C=C/C(O)C(CO)NC(=O)CCCCCCCCCCCCCCCCCCCCCCCCCCCC. The predicted molar refractivity (Wildman–Crippen MR) is 202 cm³/mol. The minimum Gasteiger partial charge on any atom is -0.394 e. The van der Waals surface area contributed by atoms with Crippen LogP contribution in [0.15, 0.2) is 12.2 Å². The van der Waals surface area contributed by atoms with E-state index in [-0.39, 0.29) is 12.5 Å². The van der Waals surface area contributed by atoms with E-state index in [0.717, 1.165) is 25.7 Å². The summed E-state index contributed by atoms with van der Waals surface area (Å²) in [5.41, 5.74) is 0. The topological polar surface area (TPSA) is 69.6 Å². The van der Waals surface area contributed by atoms with Gasteiger partial charge in [-0.05, 0) is 19.3 Å². The van der Waals surface area contributed by atoms with Gasteiger partial charge in [-0.1, -0.05) is 219 Å². The van der Waals surface area contributed by atoms with Crippen LogP contribution in [0.2, 0.25) is 0 Å². The Kier molecular flexibility index (Phi) is 37.8. The number of aliphatic hydroxyl groups is 2. The monoisotopic (exact) mass is 650 g/mol. The van der Waals surface area contributed by atoms with Crippen molar-refractivity contribution in [3.63, 3.8) is 0 Å². The van der Waals surface area contributed by atoms with Crippen LogP contribution in [-0.2, 0) is 4.79 Å². The molecule has 0 aromatic heterocycles. The molecular formula is C42H83NO3. The average Bonchev–Trinajstić information content (AvgIpc) is 3.06. The van der Waals surface area contributed by atoms with Gasteiger partial charge in [-0.25, -0.2) is 0 Å². The van der Waals surface area contributed by atoms with Crippen LogP contribution in [0.4, 0.5) is 0 Å². The minimum absolute atomic E-state index is 0.0632. The number of nitrogens with one attached hydrogen (secondary N) is 1. The predicted octanol–water partition coefficient (Wildman–Crippen LogP) is 12.7. The van der Waals surface area contributed by atoms with E-state index in [1.165, 1.54) is 186 Å². The van der Waals surface area contributed by atoms with Gasteiger partial charge in [0.25, 0.3) is 0 Å². The Bertz CT molecular complexity index is 622. The van der Waals surface area contributed by atoms with Crippen LogP contribution < -0.4 is 5.32 Å². The summed E-state index contributed by atoms with van der Waals surface area (Å²) in [4.78, 5) is 12.3. The Hall–Kier alpha value is -0.870. The van der Waals surface area contributed by atoms with Crippen LogP contribution >= 0.6 is 0 Å². The summed E-state index contributed by atoms with van der Waals surface area (Å²) in [7, 11) is 0. The van der Waals surface area contributed by atoms with Crippen molar-refractivity contribution in [2.75, 3.05) is 6.61 Å². The first-order valence-electron chi connectivity index (χ1n) is 20.9. The van der Waals surface area contributed by atoms with Gasteiger partial charge < -0.3 is 15.5 Å². The number of hydrogen-bond acceptors (Lipinski definition) is 3. The van der Waals surface area contributed by atoms with E-state index in [2.05, 4.69) is 19.2 Å². The van der Waals surface area contributed by atoms with E-state index in [9.17, 15) is 15.0 Å². The zero-order chi connectivity index (χ0) is 33.6. The van der Waals surface area contributed by atoms with Gasteiger partial charge in [-0.2, -0.15) is 0 Å². The van der Waals surface area contributed by atoms with Crippen LogP contribution in [0.25, 0.3) is 0 Å². The number of amides is 1. The number of rotatable bonds is 38. The van der Waals surface area contributed by atoms with E-state index in [0.29, 0.717) is 6.42 Å². The molecule has 0 saturated carbocycles. The van der Waals surface area contributed by atoms with Gasteiger partial charge >= 0.3 is 0 Å². The largest absolute Gasteiger partial charge is 0.394 e. The molecule has 0 saturated heterocycles. The second-order valence-corrected chi connectivity index (χ2v) is 14.4. The summed E-state index contributed by atoms with van der Waals surface area (Å²) in [6, 6.07) is -0.614. The quantitative estimate of drug-likeness (QED) is 0.0460. The third-order valence-electron chi connectivity index (χ3n) is 9.77. The van der Waals surface area contributed by atoms with E-state index in [4.69, 9.17) is 0 Å². The van der Waals surface area contributed by atoms with Crippen molar-refractivity contribution in [1.82, 2.24) is 5.32 Å². The molecule has 0 aliphatic rings. The molecule has 3 N–H and O–H groups in total. The smallest absolute Gasteiger partial charge is 0.220 e. The summed E-state index contributed by atoms with van der Waals surface area (Å²) in [5, 5.41) is 22.8. The zero-order valence-electron chi connectivity index (χ0n) is 31.4. The lowest BCUT2D eigenvalue weighted by atomic mass is 10.0. The molecule has 1 amide bonds. The van der Waals surface area contributed by atoms with Crippen molar-refractivity contribution in [2.45, 2.75) is 244 Å². The molecule has 0 aromatic carbocycles. The Morgan fingerprint density at radius 1 is 0.500 bits per heavy atom. The molecule has 4 nitrogen and oxygen atoms in total. The second kappa shape index (κ2) is 38.6. The normalized spacial score (nSPS) is 13.0. The highest BCUT2D eigenvalue weighted by Gasteiger charge is 2.17. The lowest BCUT2D eigenvalue weighted by molar-refractivity contribution is -0.123. The second-order valence-electron chi connectivity index (χ2n) is 14.4. The van der Waals surface area contributed by atoms with Crippen molar-refractivity contribution in [2.24, 2.45) is 0 Å². The molecule has 0 aromatic rings. The molecule has 0 aliphatic carbocycles. The van der Waals surface area contributed by atoms with E-state index >= 15 is 0 Å². The Morgan fingerprint density at radius 3 is 1.13 bits per heavy atom. The Balaban J connectivity index is 3.40. The molecule has 46 heavy (non-hydrogen) atoms. The van der Waals surface area contributed by atoms with Crippen molar-refractivity contribution in [3.05, 3.63) is 12.2 Å². The van der Waals surface area contributed by atoms with Gasteiger partial charge in [0.2, 0.25) is 5.91 Å². The molecular weight excluding hydrogens is 566 g/mol. The Labute approximate surface area is 288 Å². The molecule has 0 spiro atoms. The van der Waals surface area contributed by atoms with Crippen molar-refractivity contribution in [1.29, 1.82) is 0 Å². The Morgan fingerprint density at radius 2 is 0.804 bits per heavy atom. The average molecular weight is 650 g/mol. The van der Waals surface area contributed by atoms with Crippen molar-refractivity contribution < 1.29 is 15.0 Å². The van der Waals surface area contributed by atoms with E-state index < -0.39 is 12.1 Å². The summed E-state index contributed by atoms with van der Waals surface area (Å²) in [5.74, 6) is -0.0632. The molecule has 0 heterocycles. The fraction of sp³-hybridized carbons (Fsp3) is 0.929. The molecule has 0 bridgehead atoms. The van der Waals surface area contributed by atoms with Crippen LogP contribution in [0.5, 0.6) is 0 Å². The van der Waals surface area contributed by atoms with Crippen LogP contribution in [0.1, 0.15) is 232 Å². The molecule has 0 fully saturated rings. The van der Waals surface area contributed by atoms with E-state index in [1.54, 1.807) is 6.08 Å². The molecule has 0 radical (unpaired) electrons. The van der Waals surface area contributed by atoms with Gasteiger partial charge in [0.05, 0.1) is 18.8 Å². The van der Waals surface area contributed by atoms with E-state index in [1.807, 2.05) is 6.08 Å². The third kappa shape index (κ3) is 34.5. The molecule has 2 unspecified atom stereocenters. The highest BCUT2D eigenvalue weighted by Crippen LogP contribution is 2.16. The highest BCUT2D eigenvalue weighted by molar-refractivity contribution is 5.76. The van der Waals surface area contributed by atoms with Gasteiger partial charge in [-0.15, -0.1) is 0 Å². The fourth-order valence-corrected chi connectivity index (χ4v) is 6.53. The third-order valence-corrected chi connectivity index (χ3v) is 9.77. The lowest BCUT2D eigenvalue weighted by Gasteiger charge is -2.20. The van der Waals surface area contributed by atoms with Crippen molar-refractivity contribution in [3.8, 4) is 0 Å². The lowest BCUT2D eigenvalue weighted by Crippen LogP contribution is -2.45. The first-order chi connectivity index (χ1) is 22.7. The maximum absolute atomic E-state index is 12.3. The maximum Gasteiger partial charge on any atom is 0.220 e. The number of allylic oxidation sites excluding steroid dienone is 1. The summed E-state index contributed by atoms with van der Waals surface area (Å²) >= 11 is 0. The van der Waals surface area contributed by atoms with Gasteiger partial charge in [0.15, 0.2) is 0 Å². The fourth-order valence-electron chi connectivity index (χ4n) is 6.53. The summed E-state index contributed by atoms with van der Waals surface area (Å²) in [6.07, 6.45) is 47.6. The van der Waals surface area contributed by atoms with Crippen LogP contribution in [-0.4, -0.2) is 34.9 Å². The molecule has 4 heteroatoms.